The Kier molecular flexibility index (Phi) is 4.65. The van der Waals surface area contributed by atoms with Crippen LogP contribution >= 0.6 is 0 Å². The molecule has 10 heavy (non-hydrogen) atoms. The Hall–Kier alpha value is -0.780. The van der Waals surface area contributed by atoms with Crippen LogP contribution in [-0.2, 0) is 0 Å². The molecule has 0 rings (SSSR count). The van der Waals surface area contributed by atoms with E-state index in [1.165, 1.54) is 11.1 Å². The van der Waals surface area contributed by atoms with E-state index in [4.69, 9.17) is 0 Å². The highest BCUT2D eigenvalue weighted by atomic mass is 13.9. The Bertz CT molecular complexity index is 159. The topological polar surface area (TPSA) is 0 Å². The van der Waals surface area contributed by atoms with Crippen molar-refractivity contribution in [2.24, 2.45) is 0 Å². The molecule has 0 nitrogen and oxygen atoms in total. The van der Waals surface area contributed by atoms with Gasteiger partial charge >= 0.3 is 0 Å². The maximum atomic E-state index is 3.67. The zero-order valence-electron chi connectivity index (χ0n) is 7.15. The Morgan fingerprint density at radius 3 is 2.40 bits per heavy atom. The van der Waals surface area contributed by atoms with Crippen molar-refractivity contribution in [3.63, 3.8) is 0 Å². The van der Waals surface area contributed by atoms with Crippen molar-refractivity contribution < 1.29 is 0 Å². The minimum atomic E-state index is 0.991. The van der Waals surface area contributed by atoms with Gasteiger partial charge < -0.3 is 0 Å². The van der Waals surface area contributed by atoms with Crippen LogP contribution in [0, 0.1) is 0 Å². The summed E-state index contributed by atoms with van der Waals surface area (Å²) < 4.78 is 0. The summed E-state index contributed by atoms with van der Waals surface area (Å²) in [7, 11) is 0. The third-order valence-corrected chi connectivity index (χ3v) is 1.40. The minimum absolute atomic E-state index is 0.991. The van der Waals surface area contributed by atoms with E-state index in [-0.39, 0.29) is 0 Å². The molecule has 0 heteroatoms. The zero-order valence-corrected chi connectivity index (χ0v) is 7.15. The maximum absolute atomic E-state index is 3.67. The molecule has 0 heterocycles. The van der Waals surface area contributed by atoms with E-state index in [1.54, 1.807) is 0 Å². The van der Waals surface area contributed by atoms with Crippen molar-refractivity contribution in [3.8, 4) is 0 Å². The van der Waals surface area contributed by atoms with Gasteiger partial charge in [0, 0.05) is 0 Å². The second-order valence-electron chi connectivity index (χ2n) is 2.52. The summed E-state index contributed by atoms with van der Waals surface area (Å²) in [4.78, 5) is 0. The zero-order chi connectivity index (χ0) is 7.98. The first-order valence-electron chi connectivity index (χ1n) is 3.61. The smallest absolute Gasteiger partial charge is 0.0141 e. The highest BCUT2D eigenvalue weighted by molar-refractivity contribution is 5.20. The number of hydrogen-bond acceptors (Lipinski definition) is 0. The minimum Gasteiger partial charge on any atom is -0.103 e. The molecule has 0 fully saturated rings. The van der Waals surface area contributed by atoms with Crippen LogP contribution in [0.4, 0.5) is 0 Å². The molecule has 0 aliphatic heterocycles. The monoisotopic (exact) mass is 136 g/mol. The number of hydrogen-bond donors (Lipinski definition) is 0. The summed E-state index contributed by atoms with van der Waals surface area (Å²) >= 11 is 0. The van der Waals surface area contributed by atoms with Crippen LogP contribution in [-0.4, -0.2) is 0 Å². The number of rotatable bonds is 3. The Labute approximate surface area is 64.0 Å². The Morgan fingerprint density at radius 1 is 1.40 bits per heavy atom. The van der Waals surface area contributed by atoms with E-state index < -0.39 is 0 Å². The van der Waals surface area contributed by atoms with E-state index in [2.05, 4.69) is 32.6 Å². The normalized spacial score (nSPS) is 13.5. The third kappa shape index (κ3) is 4.13. The molecule has 0 atom stereocenters. The van der Waals surface area contributed by atoms with Crippen LogP contribution in [0.3, 0.4) is 0 Å². The van der Waals surface area contributed by atoms with E-state index in [0.717, 1.165) is 6.42 Å². The first kappa shape index (κ1) is 9.22. The van der Waals surface area contributed by atoms with Gasteiger partial charge in [0.1, 0.15) is 0 Å². The van der Waals surface area contributed by atoms with Gasteiger partial charge in [0.15, 0.2) is 0 Å². The van der Waals surface area contributed by atoms with Crippen molar-refractivity contribution in [1.29, 1.82) is 0 Å². The van der Waals surface area contributed by atoms with Crippen LogP contribution in [0.5, 0.6) is 0 Å². The Morgan fingerprint density at radius 2 is 2.00 bits per heavy atom. The lowest BCUT2D eigenvalue weighted by Crippen LogP contribution is -1.73. The molecule has 0 aromatic heterocycles. The summed E-state index contributed by atoms with van der Waals surface area (Å²) in [6.45, 7) is 9.95. The van der Waals surface area contributed by atoms with E-state index in [0.29, 0.717) is 0 Å². The second-order valence-corrected chi connectivity index (χ2v) is 2.52. The molecule has 0 aromatic carbocycles. The molecular formula is C10H16. The van der Waals surface area contributed by atoms with Gasteiger partial charge in [-0.2, -0.15) is 0 Å². The van der Waals surface area contributed by atoms with Gasteiger partial charge in [-0.15, -0.1) is 6.58 Å². The van der Waals surface area contributed by atoms with Crippen LogP contribution in [0.15, 0.2) is 36.0 Å². The lowest BCUT2D eigenvalue weighted by atomic mass is 10.1. The molecule has 0 aromatic rings. The van der Waals surface area contributed by atoms with Gasteiger partial charge in [-0.25, -0.2) is 0 Å². The second kappa shape index (κ2) is 5.04. The average molecular weight is 136 g/mol. The van der Waals surface area contributed by atoms with Crippen molar-refractivity contribution >= 4 is 0 Å². The van der Waals surface area contributed by atoms with Gasteiger partial charge in [-0.3, -0.25) is 0 Å². The van der Waals surface area contributed by atoms with E-state index in [9.17, 15) is 0 Å². The molecule has 0 aliphatic rings. The molecular weight excluding hydrogens is 120 g/mol. The van der Waals surface area contributed by atoms with Crippen molar-refractivity contribution in [2.75, 3.05) is 0 Å². The molecule has 0 spiro atoms. The first-order chi connectivity index (χ1) is 4.70. The predicted molar refractivity (Wildman–Crippen MR) is 48.0 cm³/mol. The summed E-state index contributed by atoms with van der Waals surface area (Å²) in [5.41, 5.74) is 2.69. The van der Waals surface area contributed by atoms with E-state index in [1.807, 2.05) is 13.0 Å². The molecule has 0 amide bonds. The molecule has 0 unspecified atom stereocenters. The largest absolute Gasteiger partial charge is 0.103 e. The third-order valence-electron chi connectivity index (χ3n) is 1.40. The van der Waals surface area contributed by atoms with Gasteiger partial charge in [0.05, 0.1) is 0 Å². The summed E-state index contributed by atoms with van der Waals surface area (Å²) in [6, 6.07) is 0. The van der Waals surface area contributed by atoms with Gasteiger partial charge in [0.2, 0.25) is 0 Å². The van der Waals surface area contributed by atoms with Gasteiger partial charge in [-0.1, -0.05) is 29.4 Å². The molecule has 0 bridgehead atoms. The fourth-order valence-electron chi connectivity index (χ4n) is 0.759. The molecule has 0 radical (unpaired) electrons. The van der Waals surface area contributed by atoms with Crippen LogP contribution < -0.4 is 0 Å². The molecule has 0 aliphatic carbocycles. The highest BCUT2D eigenvalue weighted by Crippen LogP contribution is 2.04. The highest BCUT2D eigenvalue weighted by Gasteiger charge is 1.84. The van der Waals surface area contributed by atoms with Crippen LogP contribution in [0.2, 0.25) is 0 Å². The van der Waals surface area contributed by atoms with E-state index >= 15 is 0 Å². The Balaban J connectivity index is 4.02. The lowest BCUT2D eigenvalue weighted by Gasteiger charge is -1.94. The standard InChI is InChI=1S/C10H16/c1-5-7-10(4)8-9(3)6-2/h5-6,8H,1,7H2,2-4H3. The molecule has 0 saturated carbocycles. The lowest BCUT2D eigenvalue weighted by molar-refractivity contribution is 1.20. The summed E-state index contributed by atoms with van der Waals surface area (Å²) in [5.74, 6) is 0. The maximum Gasteiger partial charge on any atom is -0.0141 e. The summed E-state index contributed by atoms with van der Waals surface area (Å²) in [6.07, 6.45) is 7.20. The van der Waals surface area contributed by atoms with Crippen LogP contribution in [0.1, 0.15) is 27.2 Å². The summed E-state index contributed by atoms with van der Waals surface area (Å²) in [5, 5.41) is 0. The van der Waals surface area contributed by atoms with Crippen molar-refractivity contribution in [3.05, 3.63) is 36.0 Å². The van der Waals surface area contributed by atoms with Crippen molar-refractivity contribution in [1.82, 2.24) is 0 Å². The average Bonchev–Trinajstić information content (AvgIpc) is 1.88. The molecule has 0 saturated heterocycles. The first-order valence-corrected chi connectivity index (χ1v) is 3.61. The van der Waals surface area contributed by atoms with Crippen molar-refractivity contribution in [2.45, 2.75) is 27.2 Å². The van der Waals surface area contributed by atoms with Crippen LogP contribution in [0.25, 0.3) is 0 Å². The van der Waals surface area contributed by atoms with Gasteiger partial charge in [0.25, 0.3) is 0 Å². The molecule has 0 N–H and O–H groups in total. The SMILES string of the molecule is C=CCC(C)=CC(C)=CC. The molecule has 56 valence electrons. The fourth-order valence-corrected chi connectivity index (χ4v) is 0.759. The predicted octanol–water partition coefficient (Wildman–Crippen LogP) is 3.48. The fraction of sp³-hybridized carbons (Fsp3) is 0.400. The quantitative estimate of drug-likeness (QED) is 0.411. The van der Waals surface area contributed by atoms with Gasteiger partial charge in [-0.05, 0) is 27.2 Å². The number of allylic oxidation sites excluding steroid dienone is 5.